The molecular weight excluding hydrogens is 300 g/mol. The van der Waals surface area contributed by atoms with Gasteiger partial charge >= 0.3 is 0 Å². The normalized spacial score (nSPS) is 11.9. The van der Waals surface area contributed by atoms with Crippen LogP contribution in [-0.2, 0) is 7.05 Å². The van der Waals surface area contributed by atoms with E-state index in [1.807, 2.05) is 61.5 Å². The van der Waals surface area contributed by atoms with Crippen LogP contribution in [0.1, 0.15) is 29.0 Å². The number of nitrogens with one attached hydrogen (secondary N) is 1. The molecule has 5 heteroatoms. The third-order valence-electron chi connectivity index (χ3n) is 3.97. The fraction of sp³-hybridized carbons (Fsp3) is 0.158. The van der Waals surface area contributed by atoms with Gasteiger partial charge in [0.05, 0.1) is 11.7 Å². The van der Waals surface area contributed by atoms with Crippen molar-refractivity contribution >= 4 is 11.6 Å². The molecule has 0 unspecified atom stereocenters. The van der Waals surface area contributed by atoms with Gasteiger partial charge < -0.3 is 11.1 Å². The van der Waals surface area contributed by atoms with Crippen LogP contribution < -0.4 is 11.1 Å². The number of amides is 1. The second kappa shape index (κ2) is 6.58. The molecule has 3 N–H and O–H groups in total. The van der Waals surface area contributed by atoms with Gasteiger partial charge in [0.1, 0.15) is 5.69 Å². The van der Waals surface area contributed by atoms with Gasteiger partial charge in [-0.3, -0.25) is 9.48 Å². The van der Waals surface area contributed by atoms with E-state index in [-0.39, 0.29) is 11.9 Å². The average Bonchev–Trinajstić information content (AvgIpc) is 2.98. The number of nitrogen functional groups attached to an aromatic ring is 1. The highest BCUT2D eigenvalue weighted by Gasteiger charge is 2.16. The molecule has 1 heterocycles. The summed E-state index contributed by atoms with van der Waals surface area (Å²) in [5.41, 5.74) is 9.70. The number of carbonyl (C=O) groups excluding carboxylic acids is 1. The van der Waals surface area contributed by atoms with Crippen LogP contribution in [0.2, 0.25) is 0 Å². The minimum Gasteiger partial charge on any atom is -0.399 e. The van der Waals surface area contributed by atoms with E-state index in [9.17, 15) is 4.79 Å². The minimum atomic E-state index is -0.156. The number of hydrogen-bond acceptors (Lipinski definition) is 3. The van der Waals surface area contributed by atoms with Crippen LogP contribution in [0.4, 0.5) is 5.69 Å². The molecular formula is C19H20N4O. The molecule has 122 valence electrons. The Kier molecular flexibility index (Phi) is 4.33. The van der Waals surface area contributed by atoms with Crippen molar-refractivity contribution in [3.63, 3.8) is 0 Å². The van der Waals surface area contributed by atoms with Crippen LogP contribution in [0.15, 0.2) is 60.7 Å². The minimum absolute atomic E-state index is 0.117. The van der Waals surface area contributed by atoms with E-state index in [0.717, 1.165) is 16.8 Å². The van der Waals surface area contributed by atoms with E-state index >= 15 is 0 Å². The van der Waals surface area contributed by atoms with Gasteiger partial charge in [-0.15, -0.1) is 0 Å². The van der Waals surface area contributed by atoms with Gasteiger partial charge in [0.15, 0.2) is 0 Å². The number of aryl methyl sites for hydroxylation is 1. The highest BCUT2D eigenvalue weighted by atomic mass is 16.2. The van der Waals surface area contributed by atoms with Gasteiger partial charge in [-0.1, -0.05) is 42.5 Å². The van der Waals surface area contributed by atoms with Gasteiger partial charge in [0.2, 0.25) is 0 Å². The van der Waals surface area contributed by atoms with E-state index in [1.54, 1.807) is 17.8 Å². The average molecular weight is 320 g/mol. The van der Waals surface area contributed by atoms with Crippen molar-refractivity contribution in [1.82, 2.24) is 15.1 Å². The van der Waals surface area contributed by atoms with Crippen LogP contribution in [0.25, 0.3) is 11.3 Å². The molecule has 1 amide bonds. The molecule has 0 radical (unpaired) electrons. The van der Waals surface area contributed by atoms with E-state index in [2.05, 4.69) is 10.4 Å². The fourth-order valence-electron chi connectivity index (χ4n) is 2.57. The van der Waals surface area contributed by atoms with Crippen molar-refractivity contribution < 1.29 is 4.79 Å². The molecule has 0 aliphatic rings. The summed E-state index contributed by atoms with van der Waals surface area (Å²) in [6.07, 6.45) is 0. The van der Waals surface area contributed by atoms with Crippen LogP contribution in [-0.4, -0.2) is 15.7 Å². The summed E-state index contributed by atoms with van der Waals surface area (Å²) >= 11 is 0. The second-order valence-corrected chi connectivity index (χ2v) is 5.77. The van der Waals surface area contributed by atoms with Crippen molar-refractivity contribution in [3.8, 4) is 11.3 Å². The number of aromatic nitrogens is 2. The molecule has 0 spiro atoms. The van der Waals surface area contributed by atoms with Crippen molar-refractivity contribution in [1.29, 1.82) is 0 Å². The Balaban J connectivity index is 1.78. The predicted molar refractivity (Wildman–Crippen MR) is 95.4 cm³/mol. The third-order valence-corrected chi connectivity index (χ3v) is 3.97. The van der Waals surface area contributed by atoms with Gasteiger partial charge in [-0.05, 0) is 30.7 Å². The molecule has 3 aromatic rings. The molecule has 0 saturated heterocycles. The number of carbonyl (C=O) groups is 1. The number of hydrogen-bond donors (Lipinski definition) is 2. The Bertz CT molecular complexity index is 838. The van der Waals surface area contributed by atoms with E-state index < -0.39 is 0 Å². The van der Waals surface area contributed by atoms with Crippen LogP contribution in [0.5, 0.6) is 0 Å². The van der Waals surface area contributed by atoms with Crippen LogP contribution >= 0.6 is 0 Å². The highest BCUT2D eigenvalue weighted by Crippen LogP contribution is 2.19. The van der Waals surface area contributed by atoms with E-state index in [1.165, 1.54) is 0 Å². The van der Waals surface area contributed by atoms with E-state index in [0.29, 0.717) is 11.4 Å². The first kappa shape index (κ1) is 15.8. The molecule has 5 nitrogen and oxygen atoms in total. The SMILES string of the molecule is C[C@@H](NC(=O)c1cc(-c2ccccc2)nn1C)c1ccc(N)cc1. The predicted octanol–water partition coefficient (Wildman–Crippen LogP) is 3.16. The molecule has 0 saturated carbocycles. The first-order valence-electron chi connectivity index (χ1n) is 7.80. The molecule has 0 bridgehead atoms. The van der Waals surface area contributed by atoms with Crippen LogP contribution in [0, 0.1) is 0 Å². The lowest BCUT2D eigenvalue weighted by Gasteiger charge is -2.14. The molecule has 0 fully saturated rings. The zero-order valence-electron chi connectivity index (χ0n) is 13.7. The van der Waals surface area contributed by atoms with Crippen molar-refractivity contribution in [3.05, 3.63) is 71.9 Å². The first-order chi connectivity index (χ1) is 11.5. The number of rotatable bonds is 4. The second-order valence-electron chi connectivity index (χ2n) is 5.77. The summed E-state index contributed by atoms with van der Waals surface area (Å²) in [5, 5.41) is 7.43. The largest absolute Gasteiger partial charge is 0.399 e. The fourth-order valence-corrected chi connectivity index (χ4v) is 2.57. The quantitative estimate of drug-likeness (QED) is 0.725. The molecule has 0 aliphatic carbocycles. The molecule has 2 aromatic carbocycles. The van der Waals surface area contributed by atoms with Gasteiger partial charge in [-0.2, -0.15) is 5.10 Å². The first-order valence-corrected chi connectivity index (χ1v) is 7.80. The smallest absolute Gasteiger partial charge is 0.270 e. The van der Waals surface area contributed by atoms with E-state index in [4.69, 9.17) is 5.73 Å². The van der Waals surface area contributed by atoms with Crippen molar-refractivity contribution in [2.75, 3.05) is 5.73 Å². The lowest BCUT2D eigenvalue weighted by Crippen LogP contribution is -2.28. The summed E-state index contributed by atoms with van der Waals surface area (Å²) in [6.45, 7) is 1.94. The number of anilines is 1. The Hall–Kier alpha value is -3.08. The maximum Gasteiger partial charge on any atom is 0.270 e. The topological polar surface area (TPSA) is 72.9 Å². The molecule has 24 heavy (non-hydrogen) atoms. The number of nitrogens with two attached hydrogens (primary N) is 1. The maximum absolute atomic E-state index is 12.6. The summed E-state index contributed by atoms with van der Waals surface area (Å²) in [4.78, 5) is 12.6. The monoisotopic (exact) mass is 320 g/mol. The Labute approximate surface area is 141 Å². The Morgan fingerprint density at radius 3 is 2.46 bits per heavy atom. The summed E-state index contributed by atoms with van der Waals surface area (Å²) in [7, 11) is 1.77. The third kappa shape index (κ3) is 3.30. The van der Waals surface area contributed by atoms with Crippen molar-refractivity contribution in [2.24, 2.45) is 7.05 Å². The van der Waals surface area contributed by atoms with Gasteiger partial charge in [0.25, 0.3) is 5.91 Å². The molecule has 1 aromatic heterocycles. The molecule has 3 rings (SSSR count). The summed E-state index contributed by atoms with van der Waals surface area (Å²) in [6, 6.07) is 19.0. The van der Waals surface area contributed by atoms with Crippen molar-refractivity contribution in [2.45, 2.75) is 13.0 Å². The lowest BCUT2D eigenvalue weighted by atomic mass is 10.1. The summed E-state index contributed by atoms with van der Waals surface area (Å²) < 4.78 is 1.60. The zero-order valence-corrected chi connectivity index (χ0v) is 13.7. The number of benzene rings is 2. The molecule has 1 atom stereocenters. The standard InChI is InChI=1S/C19H20N4O/c1-13(14-8-10-16(20)11-9-14)21-19(24)18-12-17(22-23(18)2)15-6-4-3-5-7-15/h3-13H,20H2,1-2H3,(H,21,24)/t13-/m1/s1. The zero-order chi connectivity index (χ0) is 17.1. The Morgan fingerprint density at radius 1 is 1.12 bits per heavy atom. The van der Waals surface area contributed by atoms with Gasteiger partial charge in [0, 0.05) is 18.3 Å². The lowest BCUT2D eigenvalue weighted by molar-refractivity contribution is 0.0930. The molecule has 0 aliphatic heterocycles. The highest BCUT2D eigenvalue weighted by molar-refractivity contribution is 5.94. The Morgan fingerprint density at radius 2 is 1.79 bits per heavy atom. The van der Waals surface area contributed by atoms with Gasteiger partial charge in [-0.25, -0.2) is 0 Å². The summed E-state index contributed by atoms with van der Waals surface area (Å²) in [5.74, 6) is -0.156. The van der Waals surface area contributed by atoms with Crippen LogP contribution in [0.3, 0.4) is 0 Å². The maximum atomic E-state index is 12.6. The number of nitrogens with zero attached hydrogens (tertiary/aromatic N) is 2.